The first-order valence-electron chi connectivity index (χ1n) is 6.22. The van der Waals surface area contributed by atoms with Gasteiger partial charge >= 0.3 is 0 Å². The molecule has 0 saturated heterocycles. The second-order valence-electron chi connectivity index (χ2n) is 4.71. The zero-order valence-corrected chi connectivity index (χ0v) is 11.5. The molecule has 19 heavy (non-hydrogen) atoms. The topological polar surface area (TPSA) is 55.5 Å². The summed E-state index contributed by atoms with van der Waals surface area (Å²) >= 11 is 0. The van der Waals surface area contributed by atoms with Crippen LogP contribution in [0.5, 0.6) is 5.75 Å². The standard InChI is InChI=1S/C16H19NO2/c1-10-7-8-12(9-11(10)2)16(18)13-5-4-6-14(19-3)15(13)17/h4-9,16,18H,17H2,1-3H3. The molecule has 0 fully saturated rings. The van der Waals surface area contributed by atoms with Crippen molar-refractivity contribution in [2.75, 3.05) is 12.8 Å². The van der Waals surface area contributed by atoms with Crippen LogP contribution in [0.2, 0.25) is 0 Å². The molecular formula is C16H19NO2. The number of nitrogen functional groups attached to an aromatic ring is 1. The predicted molar refractivity (Wildman–Crippen MR) is 77.4 cm³/mol. The van der Waals surface area contributed by atoms with Gasteiger partial charge in [0.2, 0.25) is 0 Å². The Labute approximate surface area is 113 Å². The summed E-state index contributed by atoms with van der Waals surface area (Å²) in [6, 6.07) is 11.3. The molecule has 0 heterocycles. The summed E-state index contributed by atoms with van der Waals surface area (Å²) in [5.41, 5.74) is 10.4. The van der Waals surface area contributed by atoms with Gasteiger partial charge in [-0.3, -0.25) is 0 Å². The molecule has 0 aliphatic carbocycles. The SMILES string of the molecule is COc1cccc(C(O)c2ccc(C)c(C)c2)c1N. The van der Waals surface area contributed by atoms with Gasteiger partial charge in [-0.25, -0.2) is 0 Å². The van der Waals surface area contributed by atoms with Crippen molar-refractivity contribution in [2.45, 2.75) is 20.0 Å². The lowest BCUT2D eigenvalue weighted by Gasteiger charge is -2.16. The molecule has 2 aromatic rings. The lowest BCUT2D eigenvalue weighted by molar-refractivity contribution is 0.220. The molecule has 100 valence electrons. The van der Waals surface area contributed by atoms with Gasteiger partial charge in [0.1, 0.15) is 11.9 Å². The largest absolute Gasteiger partial charge is 0.495 e. The van der Waals surface area contributed by atoms with Crippen LogP contribution in [0.1, 0.15) is 28.4 Å². The number of para-hydroxylation sites is 1. The summed E-state index contributed by atoms with van der Waals surface area (Å²) in [5, 5.41) is 10.5. The average Bonchev–Trinajstić information content (AvgIpc) is 2.41. The van der Waals surface area contributed by atoms with E-state index in [2.05, 4.69) is 0 Å². The Morgan fingerprint density at radius 2 is 1.84 bits per heavy atom. The number of methoxy groups -OCH3 is 1. The van der Waals surface area contributed by atoms with Crippen LogP contribution in [-0.2, 0) is 0 Å². The van der Waals surface area contributed by atoms with Crippen LogP contribution in [0.25, 0.3) is 0 Å². The van der Waals surface area contributed by atoms with Gasteiger partial charge in [-0.1, -0.05) is 30.3 Å². The van der Waals surface area contributed by atoms with E-state index in [1.54, 1.807) is 13.2 Å². The summed E-state index contributed by atoms with van der Waals surface area (Å²) in [5.74, 6) is 0.584. The Hall–Kier alpha value is -2.00. The highest BCUT2D eigenvalue weighted by Gasteiger charge is 2.16. The molecule has 2 rings (SSSR count). The van der Waals surface area contributed by atoms with Gasteiger partial charge in [-0.15, -0.1) is 0 Å². The minimum Gasteiger partial charge on any atom is -0.495 e. The van der Waals surface area contributed by atoms with E-state index in [0.717, 1.165) is 11.1 Å². The lowest BCUT2D eigenvalue weighted by atomic mass is 9.96. The van der Waals surface area contributed by atoms with Gasteiger partial charge in [-0.05, 0) is 36.6 Å². The maximum absolute atomic E-state index is 10.5. The zero-order valence-electron chi connectivity index (χ0n) is 11.5. The minimum absolute atomic E-state index is 0.482. The Kier molecular flexibility index (Phi) is 3.76. The molecule has 0 spiro atoms. The van der Waals surface area contributed by atoms with E-state index in [9.17, 15) is 5.11 Å². The number of hydrogen-bond donors (Lipinski definition) is 2. The third kappa shape index (κ3) is 2.56. The molecule has 2 aromatic carbocycles. The molecule has 0 radical (unpaired) electrons. The van der Waals surface area contributed by atoms with Gasteiger partial charge in [0, 0.05) is 5.56 Å². The van der Waals surface area contributed by atoms with E-state index in [4.69, 9.17) is 10.5 Å². The van der Waals surface area contributed by atoms with E-state index in [0.29, 0.717) is 17.0 Å². The Morgan fingerprint density at radius 3 is 2.47 bits per heavy atom. The molecule has 0 aliphatic rings. The molecule has 1 unspecified atom stereocenters. The smallest absolute Gasteiger partial charge is 0.142 e. The molecule has 3 heteroatoms. The fourth-order valence-electron chi connectivity index (χ4n) is 2.09. The predicted octanol–water partition coefficient (Wildman–Crippen LogP) is 2.98. The Balaban J connectivity index is 2.43. The van der Waals surface area contributed by atoms with Crippen molar-refractivity contribution in [1.29, 1.82) is 0 Å². The number of aliphatic hydroxyl groups is 1. The van der Waals surface area contributed by atoms with E-state index < -0.39 is 6.10 Å². The van der Waals surface area contributed by atoms with E-state index >= 15 is 0 Å². The molecule has 0 amide bonds. The number of nitrogens with two attached hydrogens (primary N) is 1. The summed E-state index contributed by atoms with van der Waals surface area (Å²) < 4.78 is 5.18. The highest BCUT2D eigenvalue weighted by Crippen LogP contribution is 2.33. The van der Waals surface area contributed by atoms with Crippen molar-refractivity contribution in [2.24, 2.45) is 0 Å². The van der Waals surface area contributed by atoms with E-state index in [1.165, 1.54) is 5.56 Å². The maximum atomic E-state index is 10.5. The molecule has 3 N–H and O–H groups in total. The van der Waals surface area contributed by atoms with Crippen molar-refractivity contribution in [3.05, 3.63) is 58.7 Å². The average molecular weight is 257 g/mol. The number of aliphatic hydroxyl groups excluding tert-OH is 1. The van der Waals surface area contributed by atoms with Crippen molar-refractivity contribution < 1.29 is 9.84 Å². The molecule has 0 bridgehead atoms. The van der Waals surface area contributed by atoms with Gasteiger partial charge in [0.25, 0.3) is 0 Å². The number of anilines is 1. The summed E-state index contributed by atoms with van der Waals surface area (Å²) in [6.07, 6.45) is -0.741. The van der Waals surface area contributed by atoms with Gasteiger partial charge in [-0.2, -0.15) is 0 Å². The first-order valence-corrected chi connectivity index (χ1v) is 6.22. The van der Waals surface area contributed by atoms with Crippen LogP contribution < -0.4 is 10.5 Å². The number of aryl methyl sites for hydroxylation is 2. The van der Waals surface area contributed by atoms with Crippen LogP contribution in [0.15, 0.2) is 36.4 Å². The van der Waals surface area contributed by atoms with Crippen LogP contribution in [0.4, 0.5) is 5.69 Å². The summed E-state index contributed by atoms with van der Waals surface area (Å²) in [4.78, 5) is 0. The van der Waals surface area contributed by atoms with Crippen molar-refractivity contribution in [3.63, 3.8) is 0 Å². The van der Waals surface area contributed by atoms with Gasteiger partial charge < -0.3 is 15.6 Å². The highest BCUT2D eigenvalue weighted by molar-refractivity contribution is 5.60. The molecule has 0 saturated carbocycles. The van der Waals surface area contributed by atoms with Crippen LogP contribution in [-0.4, -0.2) is 12.2 Å². The molecule has 0 aliphatic heterocycles. The number of rotatable bonds is 3. The fraction of sp³-hybridized carbons (Fsp3) is 0.250. The van der Waals surface area contributed by atoms with Crippen molar-refractivity contribution >= 4 is 5.69 Å². The quantitative estimate of drug-likeness (QED) is 0.831. The van der Waals surface area contributed by atoms with Crippen LogP contribution in [0, 0.1) is 13.8 Å². The lowest BCUT2D eigenvalue weighted by Crippen LogP contribution is -2.05. The Bertz CT molecular complexity index is 593. The zero-order chi connectivity index (χ0) is 14.0. The number of hydrogen-bond acceptors (Lipinski definition) is 3. The maximum Gasteiger partial charge on any atom is 0.142 e. The number of ether oxygens (including phenoxy) is 1. The summed E-state index contributed by atoms with van der Waals surface area (Å²) in [6.45, 7) is 4.08. The van der Waals surface area contributed by atoms with E-state index in [1.807, 2.05) is 44.2 Å². The first-order chi connectivity index (χ1) is 9.04. The molecule has 0 aromatic heterocycles. The third-order valence-corrected chi connectivity index (χ3v) is 3.46. The van der Waals surface area contributed by atoms with Gasteiger partial charge in [0.15, 0.2) is 0 Å². The Morgan fingerprint density at radius 1 is 1.11 bits per heavy atom. The van der Waals surface area contributed by atoms with Crippen LogP contribution >= 0.6 is 0 Å². The van der Waals surface area contributed by atoms with Crippen molar-refractivity contribution in [1.82, 2.24) is 0 Å². The normalized spacial score (nSPS) is 12.2. The monoisotopic (exact) mass is 257 g/mol. The molecular weight excluding hydrogens is 238 g/mol. The molecule has 3 nitrogen and oxygen atoms in total. The second kappa shape index (κ2) is 5.33. The van der Waals surface area contributed by atoms with Crippen molar-refractivity contribution in [3.8, 4) is 5.75 Å². The summed E-state index contributed by atoms with van der Waals surface area (Å²) in [7, 11) is 1.57. The number of benzene rings is 2. The van der Waals surface area contributed by atoms with E-state index in [-0.39, 0.29) is 0 Å². The minimum atomic E-state index is -0.741. The van der Waals surface area contributed by atoms with Crippen LogP contribution in [0.3, 0.4) is 0 Å². The highest BCUT2D eigenvalue weighted by atomic mass is 16.5. The third-order valence-electron chi connectivity index (χ3n) is 3.46. The van der Waals surface area contributed by atoms with Gasteiger partial charge in [0.05, 0.1) is 12.8 Å². The first kappa shape index (κ1) is 13.4. The fourth-order valence-corrected chi connectivity index (χ4v) is 2.09. The second-order valence-corrected chi connectivity index (χ2v) is 4.71. The molecule has 1 atom stereocenters.